The second-order valence-corrected chi connectivity index (χ2v) is 14.7. The number of hydrogen-bond donors (Lipinski definition) is 11. The first kappa shape index (κ1) is 46.1. The van der Waals surface area contributed by atoms with Crippen LogP contribution in [0.2, 0.25) is 0 Å². The van der Waals surface area contributed by atoms with Crippen molar-refractivity contribution in [2.75, 3.05) is 26.2 Å². The van der Waals surface area contributed by atoms with Crippen LogP contribution in [0.4, 0.5) is 0 Å². The lowest BCUT2D eigenvalue weighted by atomic mass is 10.0. The lowest BCUT2D eigenvalue weighted by Gasteiger charge is -2.30. The average Bonchev–Trinajstić information content (AvgIpc) is 4.02. The smallest absolute Gasteiger partial charge is 0.303 e. The Balaban J connectivity index is 1.42. The molecule has 0 saturated carbocycles. The number of carboxylic acid groups (broad SMARTS) is 1. The number of imidazole rings is 1. The molecule has 3 heterocycles. The van der Waals surface area contributed by atoms with Gasteiger partial charge in [0.05, 0.1) is 24.6 Å². The molecule has 326 valence electrons. The maximum absolute atomic E-state index is 14.3. The number of likely N-dealkylation sites (tertiary alicyclic amines) is 2. The highest BCUT2D eigenvalue weighted by Crippen LogP contribution is 2.21. The van der Waals surface area contributed by atoms with E-state index in [4.69, 9.17) is 27.7 Å². The van der Waals surface area contributed by atoms with E-state index in [0.717, 1.165) is 0 Å². The molecule has 2 saturated heterocycles. The van der Waals surface area contributed by atoms with E-state index in [-0.39, 0.29) is 64.1 Å². The number of primary amides is 1. The monoisotopic (exact) mass is 837 g/mol. The highest BCUT2D eigenvalue weighted by atomic mass is 16.4. The first-order valence-electron chi connectivity index (χ1n) is 19.8. The zero-order valence-electron chi connectivity index (χ0n) is 33.2. The van der Waals surface area contributed by atoms with Crippen molar-refractivity contribution in [3.8, 4) is 0 Å². The van der Waals surface area contributed by atoms with Gasteiger partial charge in [-0.25, -0.2) is 4.98 Å². The molecule has 6 atom stereocenters. The van der Waals surface area contributed by atoms with Gasteiger partial charge < -0.3 is 63.7 Å². The van der Waals surface area contributed by atoms with Gasteiger partial charge in [-0.1, -0.05) is 30.3 Å². The van der Waals surface area contributed by atoms with Crippen LogP contribution < -0.4 is 43.8 Å². The van der Waals surface area contributed by atoms with Crippen LogP contribution in [0.15, 0.2) is 42.9 Å². The minimum atomic E-state index is -1.26. The molecule has 4 rings (SSSR count). The van der Waals surface area contributed by atoms with Gasteiger partial charge in [0.15, 0.2) is 5.96 Å². The van der Waals surface area contributed by atoms with E-state index in [2.05, 4.69) is 36.6 Å². The van der Waals surface area contributed by atoms with Crippen LogP contribution in [0.1, 0.15) is 62.6 Å². The predicted molar refractivity (Wildman–Crippen MR) is 214 cm³/mol. The zero-order chi connectivity index (χ0) is 43.8. The van der Waals surface area contributed by atoms with Crippen molar-refractivity contribution in [2.24, 2.45) is 17.2 Å². The van der Waals surface area contributed by atoms with Gasteiger partial charge in [0.25, 0.3) is 0 Å². The fraction of sp³-hybridized carbons (Fsp3) is 0.526. The molecule has 2 fully saturated rings. The first-order valence-corrected chi connectivity index (χ1v) is 19.8. The summed E-state index contributed by atoms with van der Waals surface area (Å²) in [6, 6.07) is 2.26. The maximum atomic E-state index is 14.3. The van der Waals surface area contributed by atoms with E-state index < -0.39 is 90.1 Å². The van der Waals surface area contributed by atoms with Gasteiger partial charge in [-0.05, 0) is 50.5 Å². The van der Waals surface area contributed by atoms with Crippen molar-refractivity contribution < 1.29 is 43.5 Å². The van der Waals surface area contributed by atoms with E-state index in [0.29, 0.717) is 36.9 Å². The Morgan fingerprint density at radius 2 is 1.50 bits per heavy atom. The Bertz CT molecular complexity index is 1850. The molecule has 7 amide bonds. The van der Waals surface area contributed by atoms with Gasteiger partial charge in [-0.2, -0.15) is 0 Å². The second-order valence-electron chi connectivity index (χ2n) is 14.7. The topological polar surface area (TPSA) is 354 Å². The van der Waals surface area contributed by atoms with Crippen molar-refractivity contribution in [1.29, 1.82) is 5.41 Å². The molecule has 1 aromatic heterocycles. The van der Waals surface area contributed by atoms with Crippen molar-refractivity contribution in [3.05, 3.63) is 54.1 Å². The number of nitrogens with two attached hydrogens (primary N) is 3. The van der Waals surface area contributed by atoms with E-state index in [1.807, 2.05) is 0 Å². The number of rotatable bonds is 22. The number of nitrogens with one attached hydrogen (secondary N) is 7. The highest BCUT2D eigenvalue weighted by Gasteiger charge is 2.40. The van der Waals surface area contributed by atoms with Crippen LogP contribution in [0.5, 0.6) is 0 Å². The first-order chi connectivity index (χ1) is 28.6. The lowest BCUT2D eigenvalue weighted by Crippen LogP contribution is -2.59. The number of aromatic amines is 1. The van der Waals surface area contributed by atoms with Gasteiger partial charge in [0.2, 0.25) is 41.4 Å². The maximum Gasteiger partial charge on any atom is 0.303 e. The van der Waals surface area contributed by atoms with E-state index >= 15 is 0 Å². The minimum absolute atomic E-state index is 0.0280. The number of guanidine groups is 1. The Morgan fingerprint density at radius 1 is 0.833 bits per heavy atom. The standard InChI is InChI=1S/C38H55N13O9/c39-24(12-13-31(53)54)33(56)48-26(18-23-19-43-21-46-23)34(57)49-27(17-22-7-2-1-3-8-22)37(60)51-16-6-10-28(51)35(58)45-20-30(52)50-15-5-11-29(50)36(59)47-25(32(40)55)9-4-14-44-38(41)42/h1-3,7-8,19,21,24-29H,4-6,9-18,20,39H2,(H2,40,55)(H,43,46)(H,45,58)(H,47,59)(H,48,56)(H,49,57)(H,53,54)(H4,41,42,44)/t24-,25-,26-,27-,28-,29-/m0/s1. The number of hydrogen-bond acceptors (Lipinski definition) is 11. The van der Waals surface area contributed by atoms with Crippen molar-refractivity contribution >= 4 is 53.3 Å². The molecule has 14 N–H and O–H groups in total. The molecular formula is C38H55N13O9. The van der Waals surface area contributed by atoms with Crippen molar-refractivity contribution in [3.63, 3.8) is 0 Å². The molecule has 0 unspecified atom stereocenters. The van der Waals surface area contributed by atoms with Gasteiger partial charge in [-0.3, -0.25) is 43.8 Å². The number of nitrogens with zero attached hydrogens (tertiary/aromatic N) is 3. The fourth-order valence-corrected chi connectivity index (χ4v) is 7.14. The molecule has 0 aliphatic carbocycles. The number of carboxylic acids is 1. The number of carbonyl (C=O) groups excluding carboxylic acids is 7. The van der Waals surface area contributed by atoms with Crippen LogP contribution in [-0.2, 0) is 51.2 Å². The molecule has 22 heteroatoms. The average molecular weight is 838 g/mol. The largest absolute Gasteiger partial charge is 0.481 e. The van der Waals surface area contributed by atoms with Crippen LogP contribution in [0, 0.1) is 5.41 Å². The second kappa shape index (κ2) is 22.5. The summed E-state index contributed by atoms with van der Waals surface area (Å²) >= 11 is 0. The van der Waals surface area contributed by atoms with Gasteiger partial charge >= 0.3 is 5.97 Å². The lowest BCUT2D eigenvalue weighted by molar-refractivity contribution is -0.143. The summed E-state index contributed by atoms with van der Waals surface area (Å²) in [7, 11) is 0. The van der Waals surface area contributed by atoms with Gasteiger partial charge in [-0.15, -0.1) is 0 Å². The molecule has 0 spiro atoms. The summed E-state index contributed by atoms with van der Waals surface area (Å²) in [5.74, 6) is -5.93. The van der Waals surface area contributed by atoms with Gasteiger partial charge in [0, 0.05) is 45.1 Å². The van der Waals surface area contributed by atoms with Crippen LogP contribution in [0.3, 0.4) is 0 Å². The Hall–Kier alpha value is -6.58. The van der Waals surface area contributed by atoms with E-state index in [9.17, 15) is 38.4 Å². The summed E-state index contributed by atoms with van der Waals surface area (Å²) < 4.78 is 0. The number of benzene rings is 1. The predicted octanol–water partition coefficient (Wildman–Crippen LogP) is -3.31. The Kier molecular flexibility index (Phi) is 17.3. The number of amides is 7. The van der Waals surface area contributed by atoms with E-state index in [1.165, 1.54) is 22.3 Å². The molecule has 2 aliphatic heterocycles. The summed E-state index contributed by atoms with van der Waals surface area (Å²) in [6.45, 7) is 0.236. The minimum Gasteiger partial charge on any atom is -0.481 e. The number of aromatic nitrogens is 2. The third-order valence-corrected chi connectivity index (χ3v) is 10.3. The molecule has 0 bridgehead atoms. The SMILES string of the molecule is N=C(N)NCCC[C@H](NC(=O)[C@@H]1CCCN1C(=O)CNC(=O)[C@@H]1CCCN1C(=O)[C@H](Cc1ccccc1)NC(=O)[C@H](Cc1c[nH]cn1)NC(=O)[C@@H](N)CCC(=O)O)C(N)=O. The molecule has 2 aliphatic rings. The summed E-state index contributed by atoms with van der Waals surface area (Å²) in [4.78, 5) is 114. The molecular weight excluding hydrogens is 782 g/mol. The van der Waals surface area contributed by atoms with Crippen molar-refractivity contribution in [2.45, 2.75) is 100 Å². The Morgan fingerprint density at radius 3 is 2.13 bits per heavy atom. The molecule has 0 radical (unpaired) electrons. The number of H-pyrrole nitrogens is 1. The number of carbonyl (C=O) groups is 8. The van der Waals surface area contributed by atoms with Crippen LogP contribution in [0.25, 0.3) is 0 Å². The Labute approximate surface area is 346 Å². The molecule has 22 nitrogen and oxygen atoms in total. The zero-order valence-corrected chi connectivity index (χ0v) is 33.2. The van der Waals surface area contributed by atoms with Crippen molar-refractivity contribution in [1.82, 2.24) is 46.4 Å². The molecule has 60 heavy (non-hydrogen) atoms. The molecule has 1 aromatic carbocycles. The van der Waals surface area contributed by atoms with Gasteiger partial charge in [0.1, 0.15) is 30.2 Å². The summed E-state index contributed by atoms with van der Waals surface area (Å²) in [5, 5.41) is 29.4. The van der Waals surface area contributed by atoms with E-state index in [1.54, 1.807) is 30.3 Å². The quantitative estimate of drug-likeness (QED) is 0.0315. The third-order valence-electron chi connectivity index (χ3n) is 10.3. The highest BCUT2D eigenvalue weighted by molar-refractivity contribution is 5.97. The fourth-order valence-electron chi connectivity index (χ4n) is 7.14. The summed E-state index contributed by atoms with van der Waals surface area (Å²) in [5.41, 5.74) is 17.8. The molecule has 2 aromatic rings. The number of aliphatic carboxylic acids is 1. The third kappa shape index (κ3) is 13.8. The van der Waals surface area contributed by atoms with Crippen LogP contribution in [-0.4, -0.2) is 141 Å². The normalized spacial score (nSPS) is 18.0. The summed E-state index contributed by atoms with van der Waals surface area (Å²) in [6.07, 6.45) is 4.43. The van der Waals surface area contributed by atoms with Crippen LogP contribution >= 0.6 is 0 Å².